The highest BCUT2D eigenvalue weighted by molar-refractivity contribution is 9.10. The molecule has 112 valence electrons. The number of hydrogen-bond donors (Lipinski definition) is 1. The maximum absolute atomic E-state index is 6.13. The molecule has 0 unspecified atom stereocenters. The van der Waals surface area contributed by atoms with Gasteiger partial charge in [0.05, 0.1) is 5.02 Å². The number of aromatic nitrogens is 1. The molecule has 1 aromatic heterocycles. The first kappa shape index (κ1) is 16.4. The Kier molecular flexibility index (Phi) is 6.15. The minimum Gasteiger partial charge on any atom is -0.472 e. The lowest BCUT2D eigenvalue weighted by Gasteiger charge is -2.12. The Labute approximate surface area is 142 Å². The quantitative estimate of drug-likeness (QED) is 0.702. The van der Waals surface area contributed by atoms with Gasteiger partial charge in [-0.1, -0.05) is 64.3 Å². The van der Waals surface area contributed by atoms with Crippen LogP contribution in [0.4, 0.5) is 5.82 Å². The molecule has 3 nitrogen and oxygen atoms in total. The van der Waals surface area contributed by atoms with Crippen molar-refractivity contribution in [3.05, 3.63) is 50.4 Å². The molecule has 2 aromatic rings. The summed E-state index contributed by atoms with van der Waals surface area (Å²) in [4.78, 5) is 4.34. The molecule has 2 rings (SSSR count). The first-order chi connectivity index (χ1) is 10.1. The minimum absolute atomic E-state index is 0.371. The lowest BCUT2D eigenvalue weighted by atomic mass is 10.2. The van der Waals surface area contributed by atoms with Gasteiger partial charge in [-0.25, -0.2) is 0 Å². The molecule has 0 saturated carbocycles. The third kappa shape index (κ3) is 4.50. The molecule has 1 heterocycles. The predicted octanol–water partition coefficient (Wildman–Crippen LogP) is 5.55. The Hall–Kier alpha value is -0.970. The summed E-state index contributed by atoms with van der Waals surface area (Å²) in [5, 5.41) is 4.03. The summed E-state index contributed by atoms with van der Waals surface area (Å²) in [5.41, 5.74) is 1.02. The topological polar surface area (TPSA) is 34.2 Å². The second-order valence-corrected chi connectivity index (χ2v) is 6.08. The molecule has 0 saturated heterocycles. The van der Waals surface area contributed by atoms with Crippen molar-refractivity contribution >= 4 is 44.9 Å². The third-order valence-corrected chi connectivity index (χ3v) is 4.09. The van der Waals surface area contributed by atoms with Gasteiger partial charge >= 0.3 is 0 Å². The molecule has 0 aliphatic carbocycles. The highest BCUT2D eigenvalue weighted by atomic mass is 79.9. The van der Waals surface area contributed by atoms with Crippen LogP contribution in [0.1, 0.15) is 18.9 Å². The van der Waals surface area contributed by atoms with Crippen LogP contribution in [0, 0.1) is 0 Å². The molecule has 21 heavy (non-hydrogen) atoms. The Morgan fingerprint density at radius 3 is 2.71 bits per heavy atom. The first-order valence-electron chi connectivity index (χ1n) is 6.58. The monoisotopic (exact) mass is 388 g/mol. The van der Waals surface area contributed by atoms with Gasteiger partial charge in [-0.05, 0) is 18.6 Å². The number of rotatable bonds is 6. The van der Waals surface area contributed by atoms with E-state index in [9.17, 15) is 0 Å². The summed E-state index contributed by atoms with van der Waals surface area (Å²) in [6.07, 6.45) is 0.980. The third-order valence-electron chi connectivity index (χ3n) is 2.76. The van der Waals surface area contributed by atoms with E-state index in [1.54, 1.807) is 6.07 Å². The van der Waals surface area contributed by atoms with Crippen LogP contribution in [0.3, 0.4) is 0 Å². The van der Waals surface area contributed by atoms with E-state index in [1.165, 1.54) is 0 Å². The zero-order chi connectivity index (χ0) is 15.2. The number of anilines is 1. The van der Waals surface area contributed by atoms with Crippen molar-refractivity contribution in [2.45, 2.75) is 20.0 Å². The zero-order valence-corrected chi connectivity index (χ0v) is 14.6. The fraction of sp³-hybridized carbons (Fsp3) is 0.267. The van der Waals surface area contributed by atoms with E-state index in [0.29, 0.717) is 28.3 Å². The lowest BCUT2D eigenvalue weighted by Crippen LogP contribution is -2.05. The molecular weight excluding hydrogens is 375 g/mol. The number of halogens is 3. The Bertz CT molecular complexity index is 623. The molecule has 0 aliphatic heterocycles. The van der Waals surface area contributed by atoms with E-state index < -0.39 is 0 Å². The SMILES string of the molecule is CCCNc1nc(OCc2ccccc2Br)c(Cl)cc1Cl. The van der Waals surface area contributed by atoms with Gasteiger partial charge < -0.3 is 10.1 Å². The molecular formula is C15H15BrCl2N2O. The van der Waals surface area contributed by atoms with E-state index in [-0.39, 0.29) is 0 Å². The first-order valence-corrected chi connectivity index (χ1v) is 8.12. The lowest BCUT2D eigenvalue weighted by molar-refractivity contribution is 0.294. The number of pyridine rings is 1. The summed E-state index contributed by atoms with van der Waals surface area (Å²) in [5.74, 6) is 0.959. The fourth-order valence-electron chi connectivity index (χ4n) is 1.68. The number of nitrogens with zero attached hydrogens (tertiary/aromatic N) is 1. The van der Waals surface area contributed by atoms with Crippen LogP contribution in [0.15, 0.2) is 34.8 Å². The predicted molar refractivity (Wildman–Crippen MR) is 91.5 cm³/mol. The second kappa shape index (κ2) is 7.87. The molecule has 0 bridgehead atoms. The van der Waals surface area contributed by atoms with Crippen LogP contribution < -0.4 is 10.1 Å². The summed E-state index contributed by atoms with van der Waals surface area (Å²) in [6, 6.07) is 9.49. The van der Waals surface area contributed by atoms with Crippen molar-refractivity contribution in [3.63, 3.8) is 0 Å². The van der Waals surface area contributed by atoms with Gasteiger partial charge in [0.15, 0.2) is 0 Å². The normalized spacial score (nSPS) is 10.5. The van der Waals surface area contributed by atoms with E-state index in [1.807, 2.05) is 24.3 Å². The summed E-state index contributed by atoms with van der Waals surface area (Å²) < 4.78 is 6.69. The summed E-state index contributed by atoms with van der Waals surface area (Å²) in [7, 11) is 0. The Morgan fingerprint density at radius 1 is 1.24 bits per heavy atom. The van der Waals surface area contributed by atoms with E-state index in [0.717, 1.165) is 23.0 Å². The smallest absolute Gasteiger partial charge is 0.234 e. The molecule has 0 aliphatic rings. The number of ether oxygens (including phenoxy) is 1. The number of hydrogen-bond acceptors (Lipinski definition) is 3. The molecule has 0 amide bonds. The Morgan fingerprint density at radius 2 is 2.00 bits per heavy atom. The van der Waals surface area contributed by atoms with Gasteiger partial charge in [-0.2, -0.15) is 4.98 Å². The molecule has 1 aromatic carbocycles. The van der Waals surface area contributed by atoms with Crippen LogP contribution in [0.2, 0.25) is 10.0 Å². The maximum atomic E-state index is 6.13. The van der Waals surface area contributed by atoms with Crippen molar-refractivity contribution in [1.82, 2.24) is 4.98 Å². The highest BCUT2D eigenvalue weighted by Gasteiger charge is 2.11. The van der Waals surface area contributed by atoms with Gasteiger partial charge in [0.2, 0.25) is 5.88 Å². The van der Waals surface area contributed by atoms with Gasteiger partial charge in [0.25, 0.3) is 0 Å². The standard InChI is InChI=1S/C15H15BrCl2N2O/c1-2-7-19-14-12(17)8-13(18)15(20-14)21-9-10-5-3-4-6-11(10)16/h3-6,8H,2,7,9H2,1H3,(H,19,20). The average molecular weight is 390 g/mol. The van der Waals surface area contributed by atoms with Crippen molar-refractivity contribution < 1.29 is 4.74 Å². The van der Waals surface area contributed by atoms with Gasteiger partial charge in [0, 0.05) is 16.6 Å². The molecule has 6 heteroatoms. The van der Waals surface area contributed by atoms with Crippen molar-refractivity contribution in [2.75, 3.05) is 11.9 Å². The summed E-state index contributed by atoms with van der Waals surface area (Å²) >= 11 is 15.7. The van der Waals surface area contributed by atoms with Crippen LogP contribution in [0.25, 0.3) is 0 Å². The largest absolute Gasteiger partial charge is 0.472 e. The van der Waals surface area contributed by atoms with Crippen LogP contribution in [-0.2, 0) is 6.61 Å². The molecule has 0 spiro atoms. The molecule has 0 fully saturated rings. The average Bonchev–Trinajstić information content (AvgIpc) is 2.47. The van der Waals surface area contributed by atoms with Crippen LogP contribution in [-0.4, -0.2) is 11.5 Å². The zero-order valence-electron chi connectivity index (χ0n) is 11.5. The van der Waals surface area contributed by atoms with Crippen molar-refractivity contribution in [3.8, 4) is 5.88 Å². The Balaban J connectivity index is 2.14. The van der Waals surface area contributed by atoms with Gasteiger partial charge in [0.1, 0.15) is 17.4 Å². The molecule has 1 N–H and O–H groups in total. The fourth-order valence-corrected chi connectivity index (χ4v) is 2.56. The number of nitrogens with one attached hydrogen (secondary N) is 1. The molecule has 0 atom stereocenters. The van der Waals surface area contributed by atoms with Crippen LogP contribution >= 0.6 is 39.1 Å². The van der Waals surface area contributed by atoms with Gasteiger partial charge in [-0.15, -0.1) is 0 Å². The van der Waals surface area contributed by atoms with E-state index in [2.05, 4.69) is 33.2 Å². The van der Waals surface area contributed by atoms with E-state index >= 15 is 0 Å². The summed E-state index contributed by atoms with van der Waals surface area (Å²) in [6.45, 7) is 3.24. The molecule has 0 radical (unpaired) electrons. The highest BCUT2D eigenvalue weighted by Crippen LogP contribution is 2.31. The van der Waals surface area contributed by atoms with Crippen molar-refractivity contribution in [1.29, 1.82) is 0 Å². The second-order valence-electron chi connectivity index (χ2n) is 4.41. The number of benzene rings is 1. The minimum atomic E-state index is 0.371. The van der Waals surface area contributed by atoms with Gasteiger partial charge in [-0.3, -0.25) is 0 Å². The van der Waals surface area contributed by atoms with Crippen molar-refractivity contribution in [2.24, 2.45) is 0 Å². The van der Waals surface area contributed by atoms with Crippen LogP contribution in [0.5, 0.6) is 5.88 Å². The maximum Gasteiger partial charge on any atom is 0.234 e. The van der Waals surface area contributed by atoms with E-state index in [4.69, 9.17) is 27.9 Å².